The van der Waals surface area contributed by atoms with Crippen LogP contribution < -0.4 is 0 Å². The van der Waals surface area contributed by atoms with Crippen LogP contribution in [0.1, 0.15) is 143 Å². The highest BCUT2D eigenvalue weighted by atomic mass is 16.6. The monoisotopic (exact) mass is 609 g/mol. The highest BCUT2D eigenvalue weighted by molar-refractivity contribution is 5.72. The normalized spacial score (nSPS) is 23.0. The quantitative estimate of drug-likeness (QED) is 0.0848. The molecule has 0 amide bonds. The zero-order valence-corrected chi connectivity index (χ0v) is 27.4. The minimum absolute atomic E-state index is 0.00202. The fourth-order valence-electron chi connectivity index (χ4n) is 6.25. The smallest absolute Gasteiger partial charge is 0.306 e. The number of carbonyl (C=O) groups is 4. The molecular weight excluding hydrogens is 550 g/mol. The zero-order chi connectivity index (χ0) is 31.5. The topological polar surface area (TPSA) is 108 Å². The van der Waals surface area contributed by atoms with Gasteiger partial charge in [0.05, 0.1) is 6.04 Å². The second kappa shape index (κ2) is 21.5. The zero-order valence-electron chi connectivity index (χ0n) is 27.4. The third-order valence-electron chi connectivity index (χ3n) is 8.53. The van der Waals surface area contributed by atoms with Gasteiger partial charge in [-0.3, -0.25) is 24.1 Å². The molecule has 0 unspecified atom stereocenters. The van der Waals surface area contributed by atoms with E-state index < -0.39 is 36.3 Å². The van der Waals surface area contributed by atoms with Gasteiger partial charge in [0, 0.05) is 32.2 Å². The number of hydrogen-bond acceptors (Lipinski definition) is 9. The number of likely N-dealkylation sites (tertiary alicyclic amines) is 1. The van der Waals surface area contributed by atoms with Gasteiger partial charge in [-0.1, -0.05) is 85.5 Å². The maximum atomic E-state index is 12.9. The van der Waals surface area contributed by atoms with E-state index in [0.717, 1.165) is 25.2 Å². The predicted molar refractivity (Wildman–Crippen MR) is 165 cm³/mol. The maximum Gasteiger partial charge on any atom is 0.306 e. The number of piperidine rings is 1. The van der Waals surface area contributed by atoms with Crippen LogP contribution >= 0.6 is 0 Å². The summed E-state index contributed by atoms with van der Waals surface area (Å²) in [6.07, 6.45) is 13.2. The molecule has 2 aliphatic rings. The Bertz CT molecular complexity index is 827. The Kier molecular flexibility index (Phi) is 18.5. The van der Waals surface area contributed by atoms with Gasteiger partial charge in [0.2, 0.25) is 0 Å². The third-order valence-corrected chi connectivity index (χ3v) is 8.53. The number of hydrogen-bond donors (Lipinski definition) is 0. The van der Waals surface area contributed by atoms with E-state index in [0.29, 0.717) is 45.2 Å². The number of esters is 4. The Labute approximate surface area is 260 Å². The first-order valence-corrected chi connectivity index (χ1v) is 17.3. The van der Waals surface area contributed by atoms with Crippen LogP contribution in [-0.4, -0.2) is 72.8 Å². The average molecular weight is 610 g/mol. The van der Waals surface area contributed by atoms with Crippen LogP contribution in [0.15, 0.2) is 0 Å². The van der Waals surface area contributed by atoms with E-state index in [9.17, 15) is 19.2 Å². The Morgan fingerprint density at radius 1 is 0.628 bits per heavy atom. The average Bonchev–Trinajstić information content (AvgIpc) is 2.97. The summed E-state index contributed by atoms with van der Waals surface area (Å²) < 4.78 is 23.5. The van der Waals surface area contributed by atoms with Crippen molar-refractivity contribution in [1.29, 1.82) is 0 Å². The molecule has 4 atom stereocenters. The van der Waals surface area contributed by atoms with Crippen molar-refractivity contribution in [2.24, 2.45) is 5.92 Å². The standard InChI is InChI=1S/C34H59NO8/c1-5-16-29(36)40-25-27-33(42-31(38)18-7-3)34(43-32(39)19-8-4)28(41-30(37)17-6-2)24-35(27)23-15-10-9-12-20-26-21-13-11-14-22-26/h26-28,33-34H,5-25H2,1-4H3/t27-,28+,33-,34-/m1/s1. The Morgan fingerprint density at radius 3 is 1.77 bits per heavy atom. The molecule has 0 aromatic rings. The van der Waals surface area contributed by atoms with Gasteiger partial charge in [-0.05, 0) is 44.6 Å². The van der Waals surface area contributed by atoms with Gasteiger partial charge in [-0.25, -0.2) is 0 Å². The molecule has 9 nitrogen and oxygen atoms in total. The molecule has 2 fully saturated rings. The fourth-order valence-corrected chi connectivity index (χ4v) is 6.25. The van der Waals surface area contributed by atoms with Gasteiger partial charge in [-0.2, -0.15) is 0 Å². The van der Waals surface area contributed by atoms with E-state index in [1.54, 1.807) is 0 Å². The molecular formula is C34H59NO8. The Hall–Kier alpha value is -2.16. The van der Waals surface area contributed by atoms with E-state index in [1.165, 1.54) is 44.9 Å². The van der Waals surface area contributed by atoms with Gasteiger partial charge in [0.25, 0.3) is 0 Å². The summed E-state index contributed by atoms with van der Waals surface area (Å²) in [6, 6.07) is -0.524. The molecule has 1 heterocycles. The molecule has 1 saturated carbocycles. The van der Waals surface area contributed by atoms with Crippen LogP contribution in [0.25, 0.3) is 0 Å². The van der Waals surface area contributed by atoms with Crippen molar-refractivity contribution in [3.63, 3.8) is 0 Å². The third kappa shape index (κ3) is 14.0. The molecule has 9 heteroatoms. The van der Waals surface area contributed by atoms with Crippen LogP contribution in [0.5, 0.6) is 0 Å². The number of unbranched alkanes of at least 4 members (excludes halogenated alkanes) is 3. The summed E-state index contributed by atoms with van der Waals surface area (Å²) in [5, 5.41) is 0. The molecule has 0 radical (unpaired) electrons. The van der Waals surface area contributed by atoms with Crippen LogP contribution in [0.4, 0.5) is 0 Å². The Balaban J connectivity index is 2.24. The lowest BCUT2D eigenvalue weighted by molar-refractivity contribution is -0.210. The number of carbonyl (C=O) groups excluding carboxylic acids is 4. The van der Waals surface area contributed by atoms with E-state index in [2.05, 4.69) is 4.90 Å². The van der Waals surface area contributed by atoms with E-state index in [1.807, 2.05) is 27.7 Å². The van der Waals surface area contributed by atoms with Gasteiger partial charge >= 0.3 is 23.9 Å². The second-order valence-electron chi connectivity index (χ2n) is 12.4. The van der Waals surface area contributed by atoms with Gasteiger partial charge in [0.1, 0.15) is 6.61 Å². The highest BCUT2D eigenvalue weighted by Gasteiger charge is 2.50. The van der Waals surface area contributed by atoms with Gasteiger partial charge in [-0.15, -0.1) is 0 Å². The predicted octanol–water partition coefficient (Wildman–Crippen LogP) is 6.68. The Morgan fingerprint density at radius 2 is 1.16 bits per heavy atom. The summed E-state index contributed by atoms with van der Waals surface area (Å²) in [5.41, 5.74) is 0. The fraction of sp³-hybridized carbons (Fsp3) is 0.882. The lowest BCUT2D eigenvalue weighted by Crippen LogP contribution is -2.65. The van der Waals surface area contributed by atoms with Crippen molar-refractivity contribution >= 4 is 23.9 Å². The molecule has 1 aliphatic heterocycles. The summed E-state index contributed by atoms with van der Waals surface area (Å²) >= 11 is 0. The largest absolute Gasteiger partial charge is 0.464 e. The van der Waals surface area contributed by atoms with Crippen molar-refractivity contribution in [2.75, 3.05) is 19.7 Å². The number of ether oxygens (including phenoxy) is 4. The minimum atomic E-state index is -0.984. The van der Waals surface area contributed by atoms with Crippen molar-refractivity contribution in [3.05, 3.63) is 0 Å². The number of rotatable bonds is 20. The first kappa shape index (κ1) is 37.0. The van der Waals surface area contributed by atoms with Crippen molar-refractivity contribution in [3.8, 4) is 0 Å². The summed E-state index contributed by atoms with van der Waals surface area (Å²) in [5.74, 6) is -0.675. The summed E-state index contributed by atoms with van der Waals surface area (Å²) in [4.78, 5) is 52.8. The maximum absolute atomic E-state index is 12.9. The van der Waals surface area contributed by atoms with Crippen molar-refractivity contribution in [2.45, 2.75) is 168 Å². The summed E-state index contributed by atoms with van der Waals surface area (Å²) in [6.45, 7) is 8.56. The lowest BCUT2D eigenvalue weighted by Gasteiger charge is -2.47. The van der Waals surface area contributed by atoms with E-state index in [-0.39, 0.29) is 37.8 Å². The molecule has 248 valence electrons. The summed E-state index contributed by atoms with van der Waals surface area (Å²) in [7, 11) is 0. The first-order valence-electron chi connectivity index (χ1n) is 17.3. The molecule has 0 bridgehead atoms. The highest BCUT2D eigenvalue weighted by Crippen LogP contribution is 2.30. The molecule has 0 aromatic heterocycles. The lowest BCUT2D eigenvalue weighted by atomic mass is 9.85. The second-order valence-corrected chi connectivity index (χ2v) is 12.4. The molecule has 2 rings (SSSR count). The van der Waals surface area contributed by atoms with Crippen LogP contribution in [0, 0.1) is 5.92 Å². The van der Waals surface area contributed by atoms with Gasteiger partial charge < -0.3 is 18.9 Å². The molecule has 0 N–H and O–H groups in total. The molecule has 43 heavy (non-hydrogen) atoms. The van der Waals surface area contributed by atoms with E-state index in [4.69, 9.17) is 18.9 Å². The van der Waals surface area contributed by atoms with E-state index >= 15 is 0 Å². The van der Waals surface area contributed by atoms with Crippen LogP contribution in [0.2, 0.25) is 0 Å². The van der Waals surface area contributed by atoms with Gasteiger partial charge in [0.15, 0.2) is 18.3 Å². The molecule has 1 aliphatic carbocycles. The van der Waals surface area contributed by atoms with Crippen molar-refractivity contribution < 1.29 is 38.1 Å². The van der Waals surface area contributed by atoms with Crippen LogP contribution in [0.3, 0.4) is 0 Å². The molecule has 1 saturated heterocycles. The SMILES string of the molecule is CCCC(=O)OC[C@@H]1[C@@H](OC(=O)CCC)[C@H](OC(=O)CCC)[C@@H](OC(=O)CCC)CN1CCCCCCC1CCCCC1. The number of nitrogens with zero attached hydrogens (tertiary/aromatic N) is 1. The minimum Gasteiger partial charge on any atom is -0.464 e. The molecule has 0 aromatic carbocycles. The first-order chi connectivity index (χ1) is 20.8. The van der Waals surface area contributed by atoms with Crippen molar-refractivity contribution in [1.82, 2.24) is 4.90 Å². The van der Waals surface area contributed by atoms with Crippen LogP contribution in [-0.2, 0) is 38.1 Å². The molecule has 0 spiro atoms.